The van der Waals surface area contributed by atoms with Crippen molar-refractivity contribution in [2.75, 3.05) is 13.2 Å². The molecule has 1 aliphatic heterocycles. The van der Waals surface area contributed by atoms with Gasteiger partial charge in [-0.1, -0.05) is 42.1 Å². The van der Waals surface area contributed by atoms with Crippen LogP contribution in [0.2, 0.25) is 0 Å². The fourth-order valence-electron chi connectivity index (χ4n) is 3.00. The minimum absolute atomic E-state index is 0.197. The Morgan fingerprint density at radius 2 is 1.87 bits per heavy atom. The van der Waals surface area contributed by atoms with E-state index in [1.54, 1.807) is 12.1 Å². The van der Waals surface area contributed by atoms with Crippen molar-refractivity contribution in [2.24, 2.45) is 0 Å². The highest BCUT2D eigenvalue weighted by Gasteiger charge is 2.35. The number of hydrogen-bond donors (Lipinski definition) is 0. The maximum absolute atomic E-state index is 12.7. The summed E-state index contributed by atoms with van der Waals surface area (Å²) in [6, 6.07) is 19.5. The van der Waals surface area contributed by atoms with E-state index in [1.807, 2.05) is 68.4 Å². The van der Waals surface area contributed by atoms with Crippen LogP contribution in [0, 0.1) is 13.8 Å². The Morgan fingerprint density at radius 1 is 1.06 bits per heavy atom. The average Bonchev–Trinajstić information content (AvgIpc) is 3.30. The first-order chi connectivity index (χ1) is 15.0. The van der Waals surface area contributed by atoms with Gasteiger partial charge in [-0.05, 0) is 67.1 Å². The van der Waals surface area contributed by atoms with E-state index in [4.69, 9.17) is 9.15 Å². The number of imide groups is 1. The zero-order valence-electron chi connectivity index (χ0n) is 17.2. The number of nitrogens with zero attached hydrogens (tertiary/aromatic N) is 1. The molecule has 158 valence electrons. The monoisotopic (exact) mass is 451 g/mol. The number of carbonyl (C=O) groups is 2. The zero-order chi connectivity index (χ0) is 21.8. The number of rotatable bonds is 7. The van der Waals surface area contributed by atoms with Crippen molar-refractivity contribution in [2.45, 2.75) is 23.8 Å². The molecule has 0 spiro atoms. The van der Waals surface area contributed by atoms with E-state index >= 15 is 0 Å². The van der Waals surface area contributed by atoms with Gasteiger partial charge in [0.15, 0.2) is 5.09 Å². The molecular formula is C24H21NO4S2. The Labute approximate surface area is 189 Å². The minimum Gasteiger partial charge on any atom is -0.491 e. The van der Waals surface area contributed by atoms with Crippen LogP contribution in [0.3, 0.4) is 0 Å². The Bertz CT molecular complexity index is 1140. The highest BCUT2D eigenvalue weighted by Crippen LogP contribution is 2.34. The van der Waals surface area contributed by atoms with Gasteiger partial charge >= 0.3 is 0 Å². The molecule has 0 N–H and O–H groups in total. The average molecular weight is 452 g/mol. The molecule has 5 nitrogen and oxygen atoms in total. The topological polar surface area (TPSA) is 59.8 Å². The molecule has 0 unspecified atom stereocenters. The number of aryl methyl sites for hydroxylation is 2. The van der Waals surface area contributed by atoms with Gasteiger partial charge in [0.1, 0.15) is 18.1 Å². The predicted octanol–water partition coefficient (Wildman–Crippen LogP) is 6.16. The summed E-state index contributed by atoms with van der Waals surface area (Å²) in [7, 11) is 0. The SMILES string of the molecule is Cc1ccc(C)c(OCCN2C(=O)S/C(=C\c3ccc(Sc4ccccc4)o3)C2=O)c1. The number of hydrogen-bond acceptors (Lipinski definition) is 6. The minimum atomic E-state index is -0.326. The smallest absolute Gasteiger partial charge is 0.293 e. The van der Waals surface area contributed by atoms with E-state index in [2.05, 4.69) is 0 Å². The van der Waals surface area contributed by atoms with Crippen molar-refractivity contribution in [1.29, 1.82) is 0 Å². The lowest BCUT2D eigenvalue weighted by molar-refractivity contribution is -0.123. The molecular weight excluding hydrogens is 430 g/mol. The summed E-state index contributed by atoms with van der Waals surface area (Å²) >= 11 is 2.42. The Hall–Kier alpha value is -2.90. The highest BCUT2D eigenvalue weighted by molar-refractivity contribution is 8.18. The van der Waals surface area contributed by atoms with Crippen molar-refractivity contribution >= 4 is 40.7 Å². The fourth-order valence-corrected chi connectivity index (χ4v) is 4.65. The molecule has 31 heavy (non-hydrogen) atoms. The number of furan rings is 1. The van der Waals surface area contributed by atoms with Crippen LogP contribution in [-0.2, 0) is 4.79 Å². The molecule has 1 fully saturated rings. The van der Waals surface area contributed by atoms with Crippen molar-refractivity contribution < 1.29 is 18.7 Å². The molecule has 1 aromatic heterocycles. The fraction of sp³-hybridized carbons (Fsp3) is 0.167. The molecule has 0 atom stereocenters. The second kappa shape index (κ2) is 9.49. The van der Waals surface area contributed by atoms with E-state index in [1.165, 1.54) is 16.7 Å². The van der Waals surface area contributed by atoms with Crippen LogP contribution in [0.4, 0.5) is 4.79 Å². The maximum atomic E-state index is 12.7. The summed E-state index contributed by atoms with van der Waals surface area (Å²) in [5.41, 5.74) is 2.11. The molecule has 0 bridgehead atoms. The number of ether oxygens (including phenoxy) is 1. The summed E-state index contributed by atoms with van der Waals surface area (Å²) in [4.78, 5) is 27.7. The molecule has 0 aliphatic carbocycles. The third kappa shape index (κ3) is 5.24. The molecule has 7 heteroatoms. The first-order valence-corrected chi connectivity index (χ1v) is 11.4. The van der Waals surface area contributed by atoms with Gasteiger partial charge < -0.3 is 9.15 Å². The van der Waals surface area contributed by atoms with Gasteiger partial charge in [0, 0.05) is 11.0 Å². The number of carbonyl (C=O) groups excluding carboxylic acids is 2. The second-order valence-corrected chi connectivity index (χ2v) is 9.09. The summed E-state index contributed by atoms with van der Waals surface area (Å²) in [6.45, 7) is 4.40. The normalized spacial score (nSPS) is 15.2. The lowest BCUT2D eigenvalue weighted by Crippen LogP contribution is -2.32. The largest absolute Gasteiger partial charge is 0.491 e. The third-order valence-electron chi connectivity index (χ3n) is 4.63. The van der Waals surface area contributed by atoms with E-state index in [-0.39, 0.29) is 24.3 Å². The Kier molecular flexibility index (Phi) is 6.53. The molecule has 1 saturated heterocycles. The van der Waals surface area contributed by atoms with Crippen molar-refractivity contribution in [3.05, 3.63) is 82.5 Å². The van der Waals surface area contributed by atoms with Gasteiger partial charge in [-0.25, -0.2) is 0 Å². The first kappa shape index (κ1) is 21.3. The lowest BCUT2D eigenvalue weighted by atomic mass is 10.1. The van der Waals surface area contributed by atoms with E-state index in [9.17, 15) is 9.59 Å². The van der Waals surface area contributed by atoms with Gasteiger partial charge in [-0.2, -0.15) is 0 Å². The van der Waals surface area contributed by atoms with Crippen molar-refractivity contribution in [3.8, 4) is 5.75 Å². The first-order valence-electron chi connectivity index (χ1n) is 9.78. The van der Waals surface area contributed by atoms with Gasteiger partial charge in [-0.3, -0.25) is 14.5 Å². The molecule has 2 aromatic carbocycles. The molecule has 2 amide bonds. The van der Waals surface area contributed by atoms with Crippen LogP contribution in [0.15, 0.2) is 80.0 Å². The quantitative estimate of drug-likeness (QED) is 0.401. The zero-order valence-corrected chi connectivity index (χ0v) is 18.8. The predicted molar refractivity (Wildman–Crippen MR) is 123 cm³/mol. The van der Waals surface area contributed by atoms with Crippen molar-refractivity contribution in [1.82, 2.24) is 4.90 Å². The summed E-state index contributed by atoms with van der Waals surface area (Å²) in [5, 5.41) is 0.421. The van der Waals surface area contributed by atoms with E-state index in [0.717, 1.165) is 38.6 Å². The van der Waals surface area contributed by atoms with Crippen LogP contribution < -0.4 is 4.74 Å². The van der Waals surface area contributed by atoms with E-state index in [0.29, 0.717) is 10.7 Å². The van der Waals surface area contributed by atoms with Crippen LogP contribution in [0.5, 0.6) is 5.75 Å². The van der Waals surface area contributed by atoms with Gasteiger partial charge in [0.25, 0.3) is 11.1 Å². The van der Waals surface area contributed by atoms with Crippen LogP contribution >= 0.6 is 23.5 Å². The standard InChI is InChI=1S/C24H21NO4S2/c1-16-8-9-17(2)20(14-16)28-13-12-25-23(26)21(31-24(25)27)15-18-10-11-22(29-18)30-19-6-4-3-5-7-19/h3-11,14-15H,12-13H2,1-2H3/b21-15-. The number of benzene rings is 2. The van der Waals surface area contributed by atoms with Gasteiger partial charge in [0.2, 0.25) is 0 Å². The summed E-state index contributed by atoms with van der Waals surface area (Å²) in [5.74, 6) is 0.977. The van der Waals surface area contributed by atoms with Gasteiger partial charge in [0.05, 0.1) is 11.4 Å². The van der Waals surface area contributed by atoms with E-state index < -0.39 is 0 Å². The molecule has 1 aliphatic rings. The molecule has 0 saturated carbocycles. The maximum Gasteiger partial charge on any atom is 0.293 e. The Balaban J connectivity index is 1.37. The molecule has 0 radical (unpaired) electrons. The molecule has 4 rings (SSSR count). The molecule has 2 heterocycles. The van der Waals surface area contributed by atoms with Crippen LogP contribution in [0.1, 0.15) is 16.9 Å². The second-order valence-electron chi connectivity index (χ2n) is 7.02. The van der Waals surface area contributed by atoms with Crippen LogP contribution in [-0.4, -0.2) is 29.2 Å². The van der Waals surface area contributed by atoms with Gasteiger partial charge in [-0.15, -0.1) is 0 Å². The summed E-state index contributed by atoms with van der Waals surface area (Å²) in [6.07, 6.45) is 1.62. The lowest BCUT2D eigenvalue weighted by Gasteiger charge is -2.14. The Morgan fingerprint density at radius 3 is 2.68 bits per heavy atom. The third-order valence-corrected chi connectivity index (χ3v) is 6.46. The highest BCUT2D eigenvalue weighted by atomic mass is 32.2. The van der Waals surface area contributed by atoms with Crippen LogP contribution in [0.25, 0.3) is 6.08 Å². The van der Waals surface area contributed by atoms with Crippen molar-refractivity contribution in [3.63, 3.8) is 0 Å². The number of thioether (sulfide) groups is 1. The number of amides is 2. The molecule has 3 aromatic rings. The summed E-state index contributed by atoms with van der Waals surface area (Å²) < 4.78 is 11.6.